The highest BCUT2D eigenvalue weighted by Crippen LogP contribution is 2.36. The zero-order valence-corrected chi connectivity index (χ0v) is 21.6. The highest BCUT2D eigenvalue weighted by molar-refractivity contribution is 6.35. The Kier molecular flexibility index (Phi) is 8.11. The van der Waals surface area contributed by atoms with Gasteiger partial charge in [-0.05, 0) is 65.3 Å². The molecular formula is C27H30Cl2N2O3. The first-order chi connectivity index (χ1) is 15.9. The van der Waals surface area contributed by atoms with E-state index < -0.39 is 0 Å². The molecule has 5 nitrogen and oxygen atoms in total. The second kappa shape index (κ2) is 10.7. The molecule has 0 aliphatic heterocycles. The lowest BCUT2D eigenvalue weighted by molar-refractivity contribution is -0.123. The van der Waals surface area contributed by atoms with Gasteiger partial charge in [-0.15, -0.1) is 0 Å². The van der Waals surface area contributed by atoms with Gasteiger partial charge >= 0.3 is 0 Å². The van der Waals surface area contributed by atoms with Crippen molar-refractivity contribution >= 4 is 35.3 Å². The van der Waals surface area contributed by atoms with Gasteiger partial charge in [0.05, 0.1) is 11.2 Å². The van der Waals surface area contributed by atoms with Gasteiger partial charge < -0.3 is 9.15 Å². The molecule has 3 aromatic rings. The Morgan fingerprint density at radius 3 is 2.41 bits per heavy atom. The lowest BCUT2D eigenvalue weighted by atomic mass is 9.72. The highest BCUT2D eigenvalue weighted by Gasteiger charge is 2.27. The van der Waals surface area contributed by atoms with Gasteiger partial charge in [0, 0.05) is 10.6 Å². The number of nitrogens with zero attached hydrogens (tertiary/aromatic N) is 1. The minimum Gasteiger partial charge on any atom is -0.484 e. The van der Waals surface area contributed by atoms with E-state index >= 15 is 0 Å². The summed E-state index contributed by atoms with van der Waals surface area (Å²) in [5, 5.41) is 5.01. The smallest absolute Gasteiger partial charge is 0.277 e. The molecule has 0 bridgehead atoms. The van der Waals surface area contributed by atoms with Crippen LogP contribution in [0, 0.1) is 5.41 Å². The van der Waals surface area contributed by atoms with Gasteiger partial charge in [0.2, 0.25) is 0 Å². The van der Waals surface area contributed by atoms with Crippen LogP contribution in [0.25, 0.3) is 11.3 Å². The van der Waals surface area contributed by atoms with Gasteiger partial charge in [-0.2, -0.15) is 5.10 Å². The summed E-state index contributed by atoms with van der Waals surface area (Å²) in [6.45, 7) is 11.1. The maximum atomic E-state index is 12.1. The van der Waals surface area contributed by atoms with Crippen molar-refractivity contribution in [2.45, 2.75) is 46.5 Å². The van der Waals surface area contributed by atoms with Gasteiger partial charge in [0.15, 0.2) is 6.61 Å². The van der Waals surface area contributed by atoms with Gasteiger partial charge in [-0.3, -0.25) is 4.79 Å². The second-order valence-electron chi connectivity index (χ2n) is 10.1. The molecule has 3 rings (SSSR count). The van der Waals surface area contributed by atoms with Gasteiger partial charge in [-0.25, -0.2) is 5.43 Å². The van der Waals surface area contributed by atoms with Crippen molar-refractivity contribution in [1.82, 2.24) is 5.43 Å². The summed E-state index contributed by atoms with van der Waals surface area (Å²) in [7, 11) is 0. The number of hydrazone groups is 1. The van der Waals surface area contributed by atoms with Crippen LogP contribution in [0.5, 0.6) is 5.75 Å². The van der Waals surface area contributed by atoms with Crippen molar-refractivity contribution in [3.8, 4) is 17.1 Å². The van der Waals surface area contributed by atoms with Gasteiger partial charge in [0.1, 0.15) is 17.3 Å². The quantitative estimate of drug-likeness (QED) is 0.257. The molecule has 0 unspecified atom stereocenters. The standard InChI is InChI=1S/C27H30Cl2N2O3/c1-26(2,3)17-27(4,5)18-6-9-20(10-7-18)33-16-25(32)31-30-15-21-11-13-24(34-21)22-14-19(28)8-12-23(22)29/h6-15H,16-17H2,1-5H3,(H,31,32)/b30-15-. The molecule has 2 aromatic carbocycles. The Hall–Kier alpha value is -2.76. The average molecular weight is 501 g/mol. The van der Waals surface area contributed by atoms with Crippen molar-refractivity contribution < 1.29 is 13.9 Å². The summed E-state index contributed by atoms with van der Waals surface area (Å²) in [4.78, 5) is 12.1. The van der Waals surface area contributed by atoms with Crippen molar-refractivity contribution in [2.24, 2.45) is 10.5 Å². The largest absolute Gasteiger partial charge is 0.484 e. The minimum atomic E-state index is -0.377. The van der Waals surface area contributed by atoms with E-state index in [2.05, 4.69) is 57.3 Å². The number of carbonyl (C=O) groups is 1. The lowest BCUT2D eigenvalue weighted by Crippen LogP contribution is -2.25. The van der Waals surface area contributed by atoms with Gasteiger partial charge in [0.25, 0.3) is 5.91 Å². The Labute approximate surface area is 211 Å². The predicted octanol–water partition coefficient (Wildman–Crippen LogP) is 7.50. The number of carbonyl (C=O) groups excluding carboxylic acids is 1. The van der Waals surface area contributed by atoms with Crippen LogP contribution < -0.4 is 10.2 Å². The Bertz CT molecular complexity index is 1160. The average Bonchev–Trinajstić information content (AvgIpc) is 3.21. The molecule has 0 radical (unpaired) electrons. The predicted molar refractivity (Wildman–Crippen MR) is 139 cm³/mol. The number of hydrogen-bond acceptors (Lipinski definition) is 4. The molecule has 1 amide bonds. The molecule has 1 N–H and O–H groups in total. The Morgan fingerprint density at radius 2 is 1.74 bits per heavy atom. The lowest BCUT2D eigenvalue weighted by Gasteiger charge is -2.33. The Morgan fingerprint density at radius 1 is 1.03 bits per heavy atom. The fourth-order valence-corrected chi connectivity index (χ4v) is 4.42. The molecule has 0 saturated heterocycles. The van der Waals surface area contributed by atoms with E-state index in [9.17, 15) is 4.79 Å². The zero-order chi connectivity index (χ0) is 24.9. The van der Waals surface area contributed by atoms with Crippen molar-refractivity contribution in [2.75, 3.05) is 6.61 Å². The van der Waals surface area contributed by atoms with E-state index in [1.807, 2.05) is 12.1 Å². The topological polar surface area (TPSA) is 63.8 Å². The van der Waals surface area contributed by atoms with E-state index in [1.165, 1.54) is 11.8 Å². The number of amides is 1. The first-order valence-electron chi connectivity index (χ1n) is 11.0. The molecule has 0 aliphatic carbocycles. The number of halogens is 2. The molecule has 1 heterocycles. The first kappa shape index (κ1) is 25.9. The molecule has 0 spiro atoms. The van der Waals surface area contributed by atoms with Crippen molar-refractivity contribution in [3.05, 3.63) is 76.0 Å². The van der Waals surface area contributed by atoms with E-state index in [1.54, 1.807) is 30.3 Å². The monoisotopic (exact) mass is 500 g/mol. The van der Waals surface area contributed by atoms with Crippen molar-refractivity contribution in [3.63, 3.8) is 0 Å². The molecule has 0 aliphatic rings. The third-order valence-electron chi connectivity index (χ3n) is 5.18. The van der Waals surface area contributed by atoms with E-state index in [-0.39, 0.29) is 23.3 Å². The molecule has 0 atom stereocenters. The third-order valence-corrected chi connectivity index (χ3v) is 5.74. The number of nitrogens with one attached hydrogen (secondary N) is 1. The second-order valence-corrected chi connectivity index (χ2v) is 10.9. The highest BCUT2D eigenvalue weighted by atomic mass is 35.5. The van der Waals surface area contributed by atoms with Crippen LogP contribution in [0.2, 0.25) is 10.0 Å². The van der Waals surface area contributed by atoms with Crippen LogP contribution in [0.15, 0.2) is 64.1 Å². The molecule has 1 aromatic heterocycles. The number of rotatable bonds is 8. The summed E-state index contributed by atoms with van der Waals surface area (Å²) in [5.41, 5.74) is 4.63. The summed E-state index contributed by atoms with van der Waals surface area (Å²) < 4.78 is 11.3. The fraction of sp³-hybridized carbons (Fsp3) is 0.333. The van der Waals surface area contributed by atoms with Crippen LogP contribution in [-0.2, 0) is 10.2 Å². The van der Waals surface area contributed by atoms with E-state index in [4.69, 9.17) is 32.4 Å². The van der Waals surface area contributed by atoms with Crippen molar-refractivity contribution in [1.29, 1.82) is 0 Å². The molecule has 180 valence electrons. The maximum absolute atomic E-state index is 12.1. The summed E-state index contributed by atoms with van der Waals surface area (Å²) in [6.07, 6.45) is 2.47. The maximum Gasteiger partial charge on any atom is 0.277 e. The summed E-state index contributed by atoms with van der Waals surface area (Å²) in [5.74, 6) is 1.26. The fourth-order valence-electron chi connectivity index (χ4n) is 4.03. The zero-order valence-electron chi connectivity index (χ0n) is 20.1. The molecule has 34 heavy (non-hydrogen) atoms. The van der Waals surface area contributed by atoms with E-state index in [0.29, 0.717) is 32.9 Å². The SMILES string of the molecule is CC(C)(C)CC(C)(C)c1ccc(OCC(=O)N/N=C\c2ccc(-c3cc(Cl)ccc3Cl)o2)cc1. The van der Waals surface area contributed by atoms with E-state index in [0.717, 1.165) is 6.42 Å². The van der Waals surface area contributed by atoms with Crippen LogP contribution in [0.3, 0.4) is 0 Å². The Balaban J connectivity index is 1.50. The third kappa shape index (κ3) is 7.37. The van der Waals surface area contributed by atoms with Gasteiger partial charge in [-0.1, -0.05) is 70.0 Å². The van der Waals surface area contributed by atoms with Crippen LogP contribution >= 0.6 is 23.2 Å². The number of hydrogen-bond donors (Lipinski definition) is 1. The minimum absolute atomic E-state index is 0.0483. The normalized spacial score (nSPS) is 12.2. The summed E-state index contributed by atoms with van der Waals surface area (Å²) in [6, 6.07) is 16.5. The van der Waals surface area contributed by atoms with Crippen LogP contribution in [-0.4, -0.2) is 18.7 Å². The molecule has 0 saturated carbocycles. The first-order valence-corrected chi connectivity index (χ1v) is 11.8. The van der Waals surface area contributed by atoms with Crippen LogP contribution in [0.1, 0.15) is 52.4 Å². The number of furan rings is 1. The molecule has 7 heteroatoms. The number of ether oxygens (including phenoxy) is 1. The van der Waals surface area contributed by atoms with Crippen LogP contribution in [0.4, 0.5) is 0 Å². The molecule has 0 fully saturated rings. The molecular weight excluding hydrogens is 471 g/mol. The summed E-state index contributed by atoms with van der Waals surface area (Å²) >= 11 is 12.2. The number of benzene rings is 2.